The Bertz CT molecular complexity index is 412. The molecule has 0 aromatic carbocycles. The maximum atomic E-state index is 11.9. The second-order valence-corrected chi connectivity index (χ2v) is 6.29. The van der Waals surface area contributed by atoms with E-state index in [1.807, 2.05) is 11.6 Å². The molecule has 126 valence electrons. The van der Waals surface area contributed by atoms with Crippen molar-refractivity contribution in [1.82, 2.24) is 9.44 Å². The van der Waals surface area contributed by atoms with Gasteiger partial charge < -0.3 is 5.11 Å². The number of alkyl halides is 3. The van der Waals surface area contributed by atoms with E-state index >= 15 is 0 Å². The van der Waals surface area contributed by atoms with Gasteiger partial charge in [-0.3, -0.25) is 4.79 Å². The van der Waals surface area contributed by atoms with Crippen LogP contribution in [0.5, 0.6) is 0 Å². The molecule has 6 nitrogen and oxygen atoms in total. The van der Waals surface area contributed by atoms with Gasteiger partial charge in [0, 0.05) is 13.0 Å². The Morgan fingerprint density at radius 3 is 2.29 bits per heavy atom. The van der Waals surface area contributed by atoms with Gasteiger partial charge in [-0.05, 0) is 18.8 Å². The average Bonchev–Trinajstić information content (AvgIpc) is 2.32. The highest BCUT2D eigenvalue weighted by Crippen LogP contribution is 2.17. The lowest BCUT2D eigenvalue weighted by Crippen LogP contribution is -2.42. The Morgan fingerprint density at radius 2 is 1.81 bits per heavy atom. The average molecular weight is 334 g/mol. The van der Waals surface area contributed by atoms with Crippen LogP contribution < -0.4 is 9.44 Å². The van der Waals surface area contributed by atoms with E-state index in [1.54, 1.807) is 0 Å². The number of carbonyl (C=O) groups is 1. The summed E-state index contributed by atoms with van der Waals surface area (Å²) in [6.45, 7) is 0.264. The van der Waals surface area contributed by atoms with Crippen molar-refractivity contribution in [3.05, 3.63) is 0 Å². The molecule has 0 aromatic rings. The van der Waals surface area contributed by atoms with Crippen molar-refractivity contribution in [2.75, 3.05) is 13.1 Å². The van der Waals surface area contributed by atoms with E-state index in [-0.39, 0.29) is 18.9 Å². The molecule has 0 saturated heterocycles. The molecule has 0 saturated carbocycles. The smallest absolute Gasteiger partial charge is 0.402 e. The highest BCUT2D eigenvalue weighted by Gasteiger charge is 2.29. The molecule has 0 bridgehead atoms. The number of nitrogens with one attached hydrogen (secondary N) is 2. The molecule has 3 N–H and O–H groups in total. The third-order valence-electron chi connectivity index (χ3n) is 2.77. The molecular weight excluding hydrogens is 313 g/mol. The van der Waals surface area contributed by atoms with Crippen LogP contribution in [0.2, 0.25) is 0 Å². The summed E-state index contributed by atoms with van der Waals surface area (Å²) < 4.78 is 61.7. The quantitative estimate of drug-likeness (QED) is 0.535. The highest BCUT2D eigenvalue weighted by atomic mass is 32.2. The fourth-order valence-electron chi connectivity index (χ4n) is 1.79. The van der Waals surface area contributed by atoms with E-state index in [4.69, 9.17) is 5.11 Å². The van der Waals surface area contributed by atoms with Gasteiger partial charge in [-0.25, -0.2) is 4.72 Å². The number of hydrogen-bond donors (Lipinski definition) is 3. The fraction of sp³-hybridized carbons (Fsp3) is 0.909. The van der Waals surface area contributed by atoms with Gasteiger partial charge in [-0.1, -0.05) is 19.8 Å². The van der Waals surface area contributed by atoms with Crippen LogP contribution in [0.1, 0.15) is 39.0 Å². The van der Waals surface area contributed by atoms with Gasteiger partial charge in [-0.15, -0.1) is 0 Å². The molecule has 0 fully saturated rings. The second-order valence-electron chi connectivity index (χ2n) is 4.71. The first kappa shape index (κ1) is 20.1. The normalized spacial score (nSPS) is 14.1. The number of carboxylic acid groups (broad SMARTS) is 1. The van der Waals surface area contributed by atoms with Crippen LogP contribution in [0.15, 0.2) is 0 Å². The second kappa shape index (κ2) is 9.21. The monoisotopic (exact) mass is 334 g/mol. The van der Waals surface area contributed by atoms with Gasteiger partial charge in [-0.2, -0.15) is 26.3 Å². The summed E-state index contributed by atoms with van der Waals surface area (Å²) >= 11 is 0. The van der Waals surface area contributed by atoms with Crippen molar-refractivity contribution < 1.29 is 31.5 Å². The standard InChI is InChI=1S/C11H21F3N2O4S/c1-2-3-9(4-5-10(17)18)6-7-15-21(19,20)16-8-11(12,13)14/h9,15-16H,2-8H2,1H3,(H,17,18). The first-order valence-electron chi connectivity index (χ1n) is 6.58. The lowest BCUT2D eigenvalue weighted by molar-refractivity contribution is -0.137. The van der Waals surface area contributed by atoms with E-state index in [0.29, 0.717) is 12.8 Å². The van der Waals surface area contributed by atoms with Crippen molar-refractivity contribution in [1.29, 1.82) is 0 Å². The predicted octanol–water partition coefficient (Wildman–Crippen LogP) is 1.64. The lowest BCUT2D eigenvalue weighted by atomic mass is 9.95. The lowest BCUT2D eigenvalue weighted by Gasteiger charge is -2.16. The summed E-state index contributed by atoms with van der Waals surface area (Å²) in [5.41, 5.74) is 0. The maximum absolute atomic E-state index is 11.9. The molecule has 0 spiro atoms. The molecule has 10 heteroatoms. The van der Waals surface area contributed by atoms with Crippen LogP contribution in [-0.2, 0) is 15.0 Å². The SMILES string of the molecule is CCCC(CCNS(=O)(=O)NCC(F)(F)F)CCC(=O)O. The molecule has 0 aliphatic heterocycles. The molecule has 0 aliphatic rings. The minimum absolute atomic E-state index is 0.0102. The largest absolute Gasteiger partial charge is 0.481 e. The van der Waals surface area contributed by atoms with Crippen molar-refractivity contribution in [3.63, 3.8) is 0 Å². The highest BCUT2D eigenvalue weighted by molar-refractivity contribution is 7.87. The molecule has 1 unspecified atom stereocenters. The Hall–Kier alpha value is -0.870. The van der Waals surface area contributed by atoms with Crippen molar-refractivity contribution in [3.8, 4) is 0 Å². The molecular formula is C11H21F3N2O4S. The number of carboxylic acids is 1. The Labute approximate surface area is 122 Å². The van der Waals surface area contributed by atoms with Crippen molar-refractivity contribution >= 4 is 16.2 Å². The maximum Gasteiger partial charge on any atom is 0.402 e. The van der Waals surface area contributed by atoms with Gasteiger partial charge in [0.1, 0.15) is 6.54 Å². The van der Waals surface area contributed by atoms with Crippen LogP contribution in [0.4, 0.5) is 13.2 Å². The van der Waals surface area contributed by atoms with Gasteiger partial charge in [0.15, 0.2) is 0 Å². The predicted molar refractivity (Wildman–Crippen MR) is 70.9 cm³/mol. The van der Waals surface area contributed by atoms with Crippen LogP contribution in [0.25, 0.3) is 0 Å². The Balaban J connectivity index is 4.14. The minimum atomic E-state index is -4.61. The third kappa shape index (κ3) is 12.6. The summed E-state index contributed by atoms with van der Waals surface area (Å²) in [6.07, 6.45) is -2.26. The summed E-state index contributed by atoms with van der Waals surface area (Å²) in [6, 6.07) is 0. The molecule has 0 rings (SSSR count). The van der Waals surface area contributed by atoms with E-state index in [1.165, 1.54) is 4.72 Å². The Kier molecular flexibility index (Phi) is 8.83. The summed E-state index contributed by atoms with van der Waals surface area (Å²) in [7, 11) is -4.19. The number of hydrogen-bond acceptors (Lipinski definition) is 3. The molecule has 0 aliphatic carbocycles. The summed E-state index contributed by atoms with van der Waals surface area (Å²) in [5, 5.41) is 8.60. The van der Waals surface area contributed by atoms with Crippen LogP contribution in [-0.4, -0.2) is 38.8 Å². The zero-order valence-corrected chi connectivity index (χ0v) is 12.6. The third-order valence-corrected chi connectivity index (χ3v) is 3.88. The van der Waals surface area contributed by atoms with Crippen LogP contribution in [0.3, 0.4) is 0 Å². The van der Waals surface area contributed by atoms with Crippen molar-refractivity contribution in [2.45, 2.75) is 45.2 Å². The van der Waals surface area contributed by atoms with Crippen LogP contribution >= 0.6 is 0 Å². The van der Waals surface area contributed by atoms with E-state index in [9.17, 15) is 26.4 Å². The van der Waals surface area contributed by atoms with Gasteiger partial charge in [0.25, 0.3) is 10.2 Å². The first-order chi connectivity index (χ1) is 9.56. The van der Waals surface area contributed by atoms with Crippen LogP contribution in [0, 0.1) is 5.92 Å². The zero-order valence-electron chi connectivity index (χ0n) is 11.7. The fourth-order valence-corrected chi connectivity index (χ4v) is 2.64. The van der Waals surface area contributed by atoms with E-state index in [2.05, 4.69) is 0 Å². The van der Waals surface area contributed by atoms with Gasteiger partial charge in [0.05, 0.1) is 0 Å². The van der Waals surface area contributed by atoms with Gasteiger partial charge >= 0.3 is 12.1 Å². The van der Waals surface area contributed by atoms with E-state index in [0.717, 1.165) is 12.8 Å². The van der Waals surface area contributed by atoms with Crippen molar-refractivity contribution in [2.24, 2.45) is 5.92 Å². The topological polar surface area (TPSA) is 95.5 Å². The molecule has 0 radical (unpaired) electrons. The molecule has 0 amide bonds. The number of halogens is 3. The number of aliphatic carboxylic acids is 1. The van der Waals surface area contributed by atoms with E-state index < -0.39 is 28.9 Å². The summed E-state index contributed by atoms with van der Waals surface area (Å²) in [4.78, 5) is 10.5. The first-order valence-corrected chi connectivity index (χ1v) is 8.07. The molecule has 0 heterocycles. The zero-order chi connectivity index (χ0) is 16.5. The molecule has 21 heavy (non-hydrogen) atoms. The molecule has 1 atom stereocenters. The molecule has 0 aromatic heterocycles. The minimum Gasteiger partial charge on any atom is -0.481 e. The van der Waals surface area contributed by atoms with Gasteiger partial charge in [0.2, 0.25) is 0 Å². The Morgan fingerprint density at radius 1 is 1.19 bits per heavy atom. The number of rotatable bonds is 11. The summed E-state index contributed by atoms with van der Waals surface area (Å²) in [5.74, 6) is -0.903.